The molecule has 1 N–H and O–H groups in total. The molecular formula is C19H13F4N3OS. The Morgan fingerprint density at radius 1 is 1.07 bits per heavy atom. The van der Waals surface area contributed by atoms with Crippen molar-refractivity contribution < 1.29 is 22.4 Å². The lowest BCUT2D eigenvalue weighted by Gasteiger charge is -2.14. The molecule has 3 aromatic rings. The fraction of sp³-hybridized carbons (Fsp3) is 0.158. The van der Waals surface area contributed by atoms with E-state index in [0.717, 1.165) is 23.4 Å². The van der Waals surface area contributed by atoms with Gasteiger partial charge in [-0.3, -0.25) is 4.79 Å². The van der Waals surface area contributed by atoms with Gasteiger partial charge in [-0.05, 0) is 36.4 Å². The van der Waals surface area contributed by atoms with Crippen LogP contribution in [0.4, 0.5) is 23.4 Å². The molecule has 4 rings (SSSR count). The Bertz CT molecular complexity index is 1040. The smallest absolute Gasteiger partial charge is 0.306 e. The number of anilines is 1. The lowest BCUT2D eigenvalue weighted by molar-refractivity contribution is -0.137. The van der Waals surface area contributed by atoms with Gasteiger partial charge in [-0.2, -0.15) is 30.0 Å². The summed E-state index contributed by atoms with van der Waals surface area (Å²) in [7, 11) is 0. The third-order valence-electron chi connectivity index (χ3n) is 4.33. The van der Waals surface area contributed by atoms with Crippen molar-refractivity contribution in [2.45, 2.75) is 17.7 Å². The number of nitrogens with zero attached hydrogens (tertiary/aromatic N) is 2. The van der Waals surface area contributed by atoms with Gasteiger partial charge in [0.05, 0.1) is 22.5 Å². The van der Waals surface area contributed by atoms with Crippen LogP contribution >= 0.6 is 11.8 Å². The van der Waals surface area contributed by atoms with Crippen LogP contribution in [0.2, 0.25) is 0 Å². The Morgan fingerprint density at radius 3 is 2.50 bits per heavy atom. The fourth-order valence-corrected chi connectivity index (χ4v) is 4.05. The molecule has 9 heteroatoms. The van der Waals surface area contributed by atoms with Crippen LogP contribution in [0, 0.1) is 5.82 Å². The highest BCUT2D eigenvalue weighted by atomic mass is 32.2. The highest BCUT2D eigenvalue weighted by Crippen LogP contribution is 2.37. The molecule has 0 fully saturated rings. The van der Waals surface area contributed by atoms with Crippen LogP contribution in [-0.4, -0.2) is 15.7 Å². The van der Waals surface area contributed by atoms with E-state index in [1.165, 1.54) is 41.1 Å². The number of hydrogen-bond donors (Lipinski definition) is 1. The molecule has 2 heterocycles. The van der Waals surface area contributed by atoms with Crippen LogP contribution in [0.3, 0.4) is 0 Å². The van der Waals surface area contributed by atoms with Crippen molar-refractivity contribution in [2.24, 2.45) is 0 Å². The standard InChI is InChI=1S/C19H13F4N3OS/c20-11-5-7-12(8-6-11)26-17(14-9-28-10-16(14)25-26)24-18(27)13-3-1-2-4-15(13)19(21,22)23/h1-8H,9-10H2,(H,24,27). The number of amides is 1. The Labute approximate surface area is 161 Å². The first-order valence-corrected chi connectivity index (χ1v) is 9.42. The van der Waals surface area contributed by atoms with Crippen molar-refractivity contribution in [3.63, 3.8) is 0 Å². The predicted octanol–water partition coefficient (Wildman–Crippen LogP) is 5.03. The van der Waals surface area contributed by atoms with Gasteiger partial charge < -0.3 is 5.32 Å². The molecule has 28 heavy (non-hydrogen) atoms. The number of hydrogen-bond acceptors (Lipinski definition) is 3. The largest absolute Gasteiger partial charge is 0.417 e. The van der Waals surface area contributed by atoms with Crippen LogP contribution in [0.15, 0.2) is 48.5 Å². The summed E-state index contributed by atoms with van der Waals surface area (Å²) in [6.45, 7) is 0. The van der Waals surface area contributed by atoms with Crippen LogP contribution in [0.1, 0.15) is 27.2 Å². The average Bonchev–Trinajstić information content (AvgIpc) is 3.24. The molecule has 1 aromatic heterocycles. The van der Waals surface area contributed by atoms with E-state index in [2.05, 4.69) is 10.4 Å². The van der Waals surface area contributed by atoms with E-state index in [4.69, 9.17) is 0 Å². The highest BCUT2D eigenvalue weighted by molar-refractivity contribution is 7.98. The summed E-state index contributed by atoms with van der Waals surface area (Å²) in [6, 6.07) is 10.1. The Balaban J connectivity index is 1.75. The van der Waals surface area contributed by atoms with E-state index in [0.29, 0.717) is 23.0 Å². The average molecular weight is 407 g/mol. The number of aromatic nitrogens is 2. The molecule has 0 aliphatic carbocycles. The predicted molar refractivity (Wildman–Crippen MR) is 97.9 cm³/mol. The van der Waals surface area contributed by atoms with Gasteiger partial charge >= 0.3 is 6.18 Å². The van der Waals surface area contributed by atoms with Gasteiger partial charge in [0.1, 0.15) is 11.6 Å². The maximum atomic E-state index is 13.3. The minimum atomic E-state index is -4.65. The van der Waals surface area contributed by atoms with Gasteiger partial charge in [-0.15, -0.1) is 0 Å². The molecule has 4 nitrogen and oxygen atoms in total. The molecule has 1 aliphatic heterocycles. The molecule has 0 radical (unpaired) electrons. The van der Waals surface area contributed by atoms with Gasteiger partial charge in [0.2, 0.25) is 0 Å². The lowest BCUT2D eigenvalue weighted by atomic mass is 10.1. The number of thioether (sulfide) groups is 1. The van der Waals surface area contributed by atoms with E-state index < -0.39 is 29.0 Å². The van der Waals surface area contributed by atoms with Crippen molar-refractivity contribution in [3.05, 3.63) is 76.7 Å². The summed E-state index contributed by atoms with van der Waals surface area (Å²) in [5, 5.41) is 7.03. The fourth-order valence-electron chi connectivity index (χ4n) is 3.01. The van der Waals surface area contributed by atoms with E-state index >= 15 is 0 Å². The highest BCUT2D eigenvalue weighted by Gasteiger charge is 2.35. The normalized spacial score (nSPS) is 13.4. The van der Waals surface area contributed by atoms with Gasteiger partial charge in [0.25, 0.3) is 5.91 Å². The number of alkyl halides is 3. The number of carbonyl (C=O) groups excluding carboxylic acids is 1. The van der Waals surface area contributed by atoms with Gasteiger partial charge in [-0.1, -0.05) is 12.1 Å². The molecule has 2 aromatic carbocycles. The van der Waals surface area contributed by atoms with Crippen molar-refractivity contribution >= 4 is 23.5 Å². The number of benzene rings is 2. The topological polar surface area (TPSA) is 46.9 Å². The minimum Gasteiger partial charge on any atom is -0.306 e. The summed E-state index contributed by atoms with van der Waals surface area (Å²) in [5.41, 5.74) is 0.522. The SMILES string of the molecule is O=C(Nc1c2c(nn1-c1ccc(F)cc1)CSC2)c1ccccc1C(F)(F)F. The maximum Gasteiger partial charge on any atom is 0.417 e. The summed E-state index contributed by atoms with van der Waals surface area (Å²) < 4.78 is 54.4. The summed E-state index contributed by atoms with van der Waals surface area (Å²) in [6.07, 6.45) is -4.65. The van der Waals surface area contributed by atoms with Crippen molar-refractivity contribution in [1.82, 2.24) is 9.78 Å². The second kappa shape index (κ2) is 6.97. The minimum absolute atomic E-state index is 0.300. The molecule has 0 saturated heterocycles. The summed E-state index contributed by atoms with van der Waals surface area (Å²) >= 11 is 1.59. The molecule has 0 spiro atoms. The van der Waals surface area contributed by atoms with Crippen molar-refractivity contribution in [2.75, 3.05) is 5.32 Å². The summed E-state index contributed by atoms with van der Waals surface area (Å²) in [5.74, 6) is 0.201. The van der Waals surface area contributed by atoms with Crippen molar-refractivity contribution in [1.29, 1.82) is 0 Å². The third-order valence-corrected chi connectivity index (χ3v) is 5.30. The Hall–Kier alpha value is -2.81. The monoisotopic (exact) mass is 407 g/mol. The molecule has 0 bridgehead atoms. The molecular weight excluding hydrogens is 394 g/mol. The Kier molecular flexibility index (Phi) is 4.62. The maximum absolute atomic E-state index is 13.3. The molecule has 0 atom stereocenters. The van der Waals surface area contributed by atoms with Gasteiger partial charge in [0.15, 0.2) is 0 Å². The third kappa shape index (κ3) is 3.37. The molecule has 0 saturated carbocycles. The zero-order valence-corrected chi connectivity index (χ0v) is 15.1. The first-order chi connectivity index (χ1) is 13.3. The van der Waals surface area contributed by atoms with E-state index in [1.54, 1.807) is 11.8 Å². The number of carbonyl (C=O) groups is 1. The lowest BCUT2D eigenvalue weighted by Crippen LogP contribution is -2.20. The molecule has 144 valence electrons. The second-order valence-electron chi connectivity index (χ2n) is 6.15. The van der Waals surface area contributed by atoms with Gasteiger partial charge in [-0.25, -0.2) is 9.07 Å². The second-order valence-corrected chi connectivity index (χ2v) is 7.14. The van der Waals surface area contributed by atoms with Crippen LogP contribution < -0.4 is 5.32 Å². The Morgan fingerprint density at radius 2 is 1.79 bits per heavy atom. The van der Waals surface area contributed by atoms with E-state index in [9.17, 15) is 22.4 Å². The van der Waals surface area contributed by atoms with Crippen LogP contribution in [0.25, 0.3) is 5.69 Å². The quantitative estimate of drug-likeness (QED) is 0.620. The first-order valence-electron chi connectivity index (χ1n) is 8.26. The number of rotatable bonds is 3. The first kappa shape index (κ1) is 18.5. The number of nitrogens with one attached hydrogen (secondary N) is 1. The molecule has 0 unspecified atom stereocenters. The van der Waals surface area contributed by atoms with Crippen LogP contribution in [-0.2, 0) is 17.7 Å². The molecule has 1 aliphatic rings. The zero-order chi connectivity index (χ0) is 19.9. The van der Waals surface area contributed by atoms with E-state index in [-0.39, 0.29) is 0 Å². The zero-order valence-electron chi connectivity index (χ0n) is 14.3. The summed E-state index contributed by atoms with van der Waals surface area (Å²) in [4.78, 5) is 12.7. The van der Waals surface area contributed by atoms with Crippen LogP contribution in [0.5, 0.6) is 0 Å². The van der Waals surface area contributed by atoms with Crippen molar-refractivity contribution in [3.8, 4) is 5.69 Å². The van der Waals surface area contributed by atoms with Gasteiger partial charge in [0, 0.05) is 17.1 Å². The number of halogens is 4. The molecule has 1 amide bonds. The van der Waals surface area contributed by atoms with E-state index in [1.807, 2.05) is 0 Å². The number of fused-ring (bicyclic) bond motifs is 1.